The van der Waals surface area contributed by atoms with Gasteiger partial charge in [-0.2, -0.15) is 5.06 Å². The molecule has 0 radical (unpaired) electrons. The number of H-pyrrole nitrogens is 1. The molecule has 10 heavy (non-hydrogen) atoms. The van der Waals surface area contributed by atoms with Gasteiger partial charge in [-0.05, 0) is 6.92 Å². The van der Waals surface area contributed by atoms with Crippen LogP contribution >= 0.6 is 0 Å². The van der Waals surface area contributed by atoms with Crippen LogP contribution in [0.2, 0.25) is 0 Å². The van der Waals surface area contributed by atoms with Crippen molar-refractivity contribution in [3.05, 3.63) is 17.2 Å². The van der Waals surface area contributed by atoms with E-state index in [-0.39, 0.29) is 0 Å². The molecule has 4 heteroatoms. The van der Waals surface area contributed by atoms with Crippen LogP contribution in [0, 0.1) is 6.92 Å². The molecule has 1 aliphatic rings. The standard InChI is InChI=1S/C6H9N3O/c1-4-7-5-2-9(10)3-6(5)8-4/h10H,2-3H2,1H3,(H,7,8). The van der Waals surface area contributed by atoms with Crippen molar-refractivity contribution in [3.8, 4) is 0 Å². The molecule has 1 aromatic heterocycles. The van der Waals surface area contributed by atoms with Crippen LogP contribution in [0.25, 0.3) is 0 Å². The number of aromatic nitrogens is 2. The van der Waals surface area contributed by atoms with Crippen LogP contribution in [0.3, 0.4) is 0 Å². The lowest BCUT2D eigenvalue weighted by Crippen LogP contribution is -2.10. The summed E-state index contributed by atoms with van der Waals surface area (Å²) in [5.74, 6) is 0.929. The molecule has 2 heterocycles. The molecule has 0 aromatic carbocycles. The second-order valence-electron chi connectivity index (χ2n) is 2.57. The van der Waals surface area contributed by atoms with E-state index in [1.165, 1.54) is 5.06 Å². The summed E-state index contributed by atoms with van der Waals surface area (Å²) in [6.07, 6.45) is 0. The van der Waals surface area contributed by atoms with Crippen molar-refractivity contribution < 1.29 is 5.21 Å². The smallest absolute Gasteiger partial charge is 0.103 e. The van der Waals surface area contributed by atoms with E-state index in [2.05, 4.69) is 9.97 Å². The van der Waals surface area contributed by atoms with Crippen LogP contribution in [0.4, 0.5) is 0 Å². The molecule has 0 atom stereocenters. The molecule has 0 unspecified atom stereocenters. The lowest BCUT2D eigenvalue weighted by Gasteiger charge is -2.01. The van der Waals surface area contributed by atoms with E-state index in [4.69, 9.17) is 5.21 Å². The Morgan fingerprint density at radius 2 is 2.40 bits per heavy atom. The predicted molar refractivity (Wildman–Crippen MR) is 34.4 cm³/mol. The van der Waals surface area contributed by atoms with Gasteiger partial charge in [-0.3, -0.25) is 0 Å². The Morgan fingerprint density at radius 3 is 3.10 bits per heavy atom. The SMILES string of the molecule is Cc1nc2c([nH]1)CN(O)C2. The molecule has 0 spiro atoms. The minimum atomic E-state index is 0.555. The maximum atomic E-state index is 9.00. The van der Waals surface area contributed by atoms with E-state index in [9.17, 15) is 0 Å². The third kappa shape index (κ3) is 0.732. The molecular weight excluding hydrogens is 130 g/mol. The molecule has 0 saturated heterocycles. The third-order valence-corrected chi connectivity index (χ3v) is 1.66. The van der Waals surface area contributed by atoms with Gasteiger partial charge in [0.25, 0.3) is 0 Å². The van der Waals surface area contributed by atoms with Crippen LogP contribution in [-0.2, 0) is 13.1 Å². The van der Waals surface area contributed by atoms with E-state index in [1.807, 2.05) is 6.92 Å². The Labute approximate surface area is 58.5 Å². The number of hydroxylamine groups is 2. The molecule has 0 aliphatic carbocycles. The number of rotatable bonds is 0. The first-order valence-corrected chi connectivity index (χ1v) is 3.24. The van der Waals surface area contributed by atoms with Crippen molar-refractivity contribution in [2.75, 3.05) is 0 Å². The summed E-state index contributed by atoms with van der Waals surface area (Å²) in [4.78, 5) is 7.26. The summed E-state index contributed by atoms with van der Waals surface area (Å²) >= 11 is 0. The second kappa shape index (κ2) is 1.81. The van der Waals surface area contributed by atoms with E-state index >= 15 is 0 Å². The van der Waals surface area contributed by atoms with Crippen LogP contribution in [0.15, 0.2) is 0 Å². The summed E-state index contributed by atoms with van der Waals surface area (Å²) in [7, 11) is 0. The van der Waals surface area contributed by atoms with Gasteiger partial charge in [-0.15, -0.1) is 0 Å². The van der Waals surface area contributed by atoms with Crippen molar-refractivity contribution in [1.29, 1.82) is 0 Å². The van der Waals surface area contributed by atoms with E-state index in [1.54, 1.807) is 0 Å². The Bertz CT molecular complexity index is 232. The molecule has 0 saturated carbocycles. The van der Waals surface area contributed by atoms with Crippen LogP contribution in [0.1, 0.15) is 17.2 Å². The third-order valence-electron chi connectivity index (χ3n) is 1.66. The average molecular weight is 139 g/mol. The molecule has 2 rings (SSSR count). The van der Waals surface area contributed by atoms with Crippen molar-refractivity contribution >= 4 is 0 Å². The van der Waals surface area contributed by atoms with Gasteiger partial charge in [0, 0.05) is 0 Å². The van der Waals surface area contributed by atoms with Gasteiger partial charge < -0.3 is 10.2 Å². The lowest BCUT2D eigenvalue weighted by atomic mass is 10.4. The fourth-order valence-electron chi connectivity index (χ4n) is 1.26. The molecule has 4 nitrogen and oxygen atoms in total. The molecule has 2 N–H and O–H groups in total. The van der Waals surface area contributed by atoms with Crippen molar-refractivity contribution in [2.45, 2.75) is 20.0 Å². The van der Waals surface area contributed by atoms with Gasteiger partial charge >= 0.3 is 0 Å². The Kier molecular flexibility index (Phi) is 1.06. The van der Waals surface area contributed by atoms with Gasteiger partial charge in [0.1, 0.15) is 5.82 Å². The maximum Gasteiger partial charge on any atom is 0.103 e. The number of nitrogens with one attached hydrogen (secondary N) is 1. The van der Waals surface area contributed by atoms with Crippen molar-refractivity contribution in [2.24, 2.45) is 0 Å². The van der Waals surface area contributed by atoms with Gasteiger partial charge in [-0.1, -0.05) is 0 Å². The summed E-state index contributed by atoms with van der Waals surface area (Å²) in [6, 6.07) is 0. The zero-order valence-corrected chi connectivity index (χ0v) is 5.76. The fourth-order valence-corrected chi connectivity index (χ4v) is 1.26. The first-order valence-electron chi connectivity index (χ1n) is 3.24. The topological polar surface area (TPSA) is 52.2 Å². The number of aryl methyl sites for hydroxylation is 1. The molecule has 0 fully saturated rings. The van der Waals surface area contributed by atoms with E-state index in [0.29, 0.717) is 13.1 Å². The van der Waals surface area contributed by atoms with E-state index in [0.717, 1.165) is 17.2 Å². The highest BCUT2D eigenvalue weighted by molar-refractivity contribution is 5.17. The molecule has 1 aromatic rings. The van der Waals surface area contributed by atoms with Crippen LogP contribution in [0.5, 0.6) is 0 Å². The first-order chi connectivity index (χ1) is 4.75. The van der Waals surface area contributed by atoms with Crippen LogP contribution < -0.4 is 0 Å². The molecule has 1 aliphatic heterocycles. The summed E-state index contributed by atoms with van der Waals surface area (Å²) in [6.45, 7) is 3.05. The minimum absolute atomic E-state index is 0.555. The summed E-state index contributed by atoms with van der Waals surface area (Å²) < 4.78 is 0. The summed E-state index contributed by atoms with van der Waals surface area (Å²) in [5, 5.41) is 10.2. The fraction of sp³-hybridized carbons (Fsp3) is 0.500. The number of hydrogen-bond donors (Lipinski definition) is 2. The van der Waals surface area contributed by atoms with Crippen LogP contribution in [-0.4, -0.2) is 20.2 Å². The predicted octanol–water partition coefficient (Wildman–Crippen LogP) is 0.423. The lowest BCUT2D eigenvalue weighted by molar-refractivity contribution is -0.0981. The zero-order chi connectivity index (χ0) is 7.14. The van der Waals surface area contributed by atoms with Gasteiger partial charge in [0.05, 0.1) is 24.5 Å². The van der Waals surface area contributed by atoms with Gasteiger partial charge in [0.2, 0.25) is 0 Å². The second-order valence-corrected chi connectivity index (χ2v) is 2.57. The number of aromatic amines is 1. The molecule has 54 valence electrons. The Hall–Kier alpha value is -0.870. The van der Waals surface area contributed by atoms with Gasteiger partial charge in [-0.25, -0.2) is 4.98 Å². The normalized spacial score (nSPS) is 17.8. The minimum Gasteiger partial charge on any atom is -0.345 e. The maximum absolute atomic E-state index is 9.00. The Balaban J connectivity index is 2.39. The number of nitrogens with zero attached hydrogens (tertiary/aromatic N) is 2. The highest BCUT2D eigenvalue weighted by atomic mass is 16.5. The zero-order valence-electron chi connectivity index (χ0n) is 5.76. The van der Waals surface area contributed by atoms with E-state index < -0.39 is 0 Å². The summed E-state index contributed by atoms with van der Waals surface area (Å²) in [5.41, 5.74) is 2.01. The highest BCUT2D eigenvalue weighted by Gasteiger charge is 2.19. The average Bonchev–Trinajstić information content (AvgIpc) is 2.21. The van der Waals surface area contributed by atoms with Crippen molar-refractivity contribution in [1.82, 2.24) is 15.0 Å². The number of hydrogen-bond acceptors (Lipinski definition) is 3. The first kappa shape index (κ1) is 5.88. The van der Waals surface area contributed by atoms with Crippen molar-refractivity contribution in [3.63, 3.8) is 0 Å². The largest absolute Gasteiger partial charge is 0.345 e. The quantitative estimate of drug-likeness (QED) is 0.547. The van der Waals surface area contributed by atoms with Gasteiger partial charge in [0.15, 0.2) is 0 Å². The number of imidazole rings is 1. The molecular formula is C6H9N3O. The highest BCUT2D eigenvalue weighted by Crippen LogP contribution is 2.17. The number of fused-ring (bicyclic) bond motifs is 1. The Morgan fingerprint density at radius 1 is 1.60 bits per heavy atom. The molecule has 0 bridgehead atoms. The molecule has 0 amide bonds. The monoisotopic (exact) mass is 139 g/mol.